The van der Waals surface area contributed by atoms with Crippen LogP contribution in [0.1, 0.15) is 55.9 Å². The fourth-order valence-electron chi connectivity index (χ4n) is 2.81. The Morgan fingerprint density at radius 2 is 2.17 bits per heavy atom. The third kappa shape index (κ3) is 3.28. The Morgan fingerprint density at radius 3 is 2.72 bits per heavy atom. The fraction of sp³-hybridized carbons (Fsp3) is 0.643. The predicted octanol–water partition coefficient (Wildman–Crippen LogP) is 2.69. The summed E-state index contributed by atoms with van der Waals surface area (Å²) < 4.78 is 0. The van der Waals surface area contributed by atoms with Crippen molar-refractivity contribution in [1.82, 2.24) is 10.3 Å². The zero-order valence-electron chi connectivity index (χ0n) is 11.0. The van der Waals surface area contributed by atoms with Crippen molar-refractivity contribution in [2.24, 2.45) is 5.92 Å². The Hall–Kier alpha value is -1.45. The van der Waals surface area contributed by atoms with E-state index < -0.39 is 0 Å². The molecule has 100 valence electrons. The molecule has 4 nitrogen and oxygen atoms in total. The number of hydrogen-bond acceptors (Lipinski definition) is 2. The molecule has 0 spiro atoms. The van der Waals surface area contributed by atoms with Gasteiger partial charge in [0.15, 0.2) is 0 Å². The van der Waals surface area contributed by atoms with Gasteiger partial charge in [-0.1, -0.05) is 19.8 Å². The summed E-state index contributed by atoms with van der Waals surface area (Å²) in [6, 6.07) is 2.01. The Balaban J connectivity index is 1.79. The summed E-state index contributed by atoms with van der Waals surface area (Å²) in [5.41, 5.74) is 6.75. The van der Waals surface area contributed by atoms with E-state index in [1.807, 2.05) is 0 Å². The first-order chi connectivity index (χ1) is 8.69. The van der Waals surface area contributed by atoms with Crippen molar-refractivity contribution in [2.45, 2.75) is 51.5 Å². The third-order valence-corrected chi connectivity index (χ3v) is 3.83. The van der Waals surface area contributed by atoms with Crippen LogP contribution in [-0.4, -0.2) is 16.9 Å². The van der Waals surface area contributed by atoms with Crippen molar-refractivity contribution in [1.29, 1.82) is 0 Å². The van der Waals surface area contributed by atoms with Crippen molar-refractivity contribution in [3.63, 3.8) is 0 Å². The number of anilines is 1. The van der Waals surface area contributed by atoms with Crippen molar-refractivity contribution >= 4 is 11.6 Å². The molecule has 0 aromatic carbocycles. The summed E-state index contributed by atoms with van der Waals surface area (Å²) in [6.07, 6.45) is 8.93. The Labute approximate surface area is 108 Å². The van der Waals surface area contributed by atoms with E-state index in [4.69, 9.17) is 5.73 Å². The molecule has 0 aliphatic heterocycles. The predicted molar refractivity (Wildman–Crippen MR) is 73.3 cm³/mol. The molecule has 4 heteroatoms. The van der Waals surface area contributed by atoms with Crippen molar-refractivity contribution in [3.05, 3.63) is 18.0 Å². The van der Waals surface area contributed by atoms with Gasteiger partial charge in [0.05, 0.1) is 0 Å². The molecule has 1 amide bonds. The second-order valence-electron chi connectivity index (χ2n) is 5.33. The van der Waals surface area contributed by atoms with Crippen LogP contribution in [-0.2, 0) is 0 Å². The van der Waals surface area contributed by atoms with E-state index >= 15 is 0 Å². The lowest BCUT2D eigenvalue weighted by Gasteiger charge is -2.28. The number of hydrogen-bond donors (Lipinski definition) is 3. The van der Waals surface area contributed by atoms with Gasteiger partial charge in [-0.3, -0.25) is 4.79 Å². The zero-order chi connectivity index (χ0) is 13.0. The molecule has 1 aromatic heterocycles. The number of nitrogens with two attached hydrogens (primary N) is 1. The van der Waals surface area contributed by atoms with Crippen molar-refractivity contribution < 1.29 is 4.79 Å². The lowest BCUT2D eigenvalue weighted by Crippen LogP contribution is -2.37. The van der Waals surface area contributed by atoms with Gasteiger partial charge >= 0.3 is 0 Å². The average molecular weight is 249 g/mol. The minimum Gasteiger partial charge on any atom is -0.397 e. The van der Waals surface area contributed by atoms with Crippen molar-refractivity contribution in [3.8, 4) is 0 Å². The number of H-pyrrole nitrogens is 1. The minimum atomic E-state index is -0.0364. The van der Waals surface area contributed by atoms with Crippen LogP contribution < -0.4 is 11.1 Å². The second kappa shape index (κ2) is 5.94. The van der Waals surface area contributed by atoms with E-state index in [0.29, 0.717) is 17.4 Å². The fourth-order valence-corrected chi connectivity index (χ4v) is 2.81. The van der Waals surface area contributed by atoms with Gasteiger partial charge in [-0.05, 0) is 37.7 Å². The number of aromatic amines is 1. The molecule has 0 atom stereocenters. The summed E-state index contributed by atoms with van der Waals surface area (Å²) >= 11 is 0. The first-order valence-corrected chi connectivity index (χ1v) is 6.93. The smallest absolute Gasteiger partial charge is 0.267 e. The Kier molecular flexibility index (Phi) is 4.28. The van der Waals surface area contributed by atoms with E-state index in [9.17, 15) is 4.79 Å². The molecular weight excluding hydrogens is 226 g/mol. The van der Waals surface area contributed by atoms with Crippen LogP contribution in [0, 0.1) is 5.92 Å². The Bertz CT molecular complexity index is 391. The molecule has 1 heterocycles. The number of nitrogen functional groups attached to an aromatic ring is 1. The molecular formula is C14H23N3O. The topological polar surface area (TPSA) is 70.9 Å². The summed E-state index contributed by atoms with van der Waals surface area (Å²) in [5.74, 6) is 0.829. The quantitative estimate of drug-likeness (QED) is 0.767. The monoisotopic (exact) mass is 249 g/mol. The van der Waals surface area contributed by atoms with E-state index in [1.54, 1.807) is 12.3 Å². The first-order valence-electron chi connectivity index (χ1n) is 6.93. The normalized spacial score (nSPS) is 23.8. The molecule has 2 rings (SSSR count). The molecule has 1 aromatic rings. The van der Waals surface area contributed by atoms with E-state index in [0.717, 1.165) is 18.8 Å². The highest BCUT2D eigenvalue weighted by molar-refractivity contribution is 5.93. The van der Waals surface area contributed by atoms with Crippen LogP contribution in [0.5, 0.6) is 0 Å². The summed E-state index contributed by atoms with van der Waals surface area (Å²) in [6.45, 7) is 2.24. The maximum Gasteiger partial charge on any atom is 0.267 e. The van der Waals surface area contributed by atoms with Crippen LogP contribution in [0.4, 0.5) is 5.69 Å². The second-order valence-corrected chi connectivity index (χ2v) is 5.33. The standard InChI is InChI=1S/C14H23N3O/c1-2-3-10-4-6-12(7-5-10)17-14(18)13-8-11(15)9-16-13/h8-10,12,16H,2-7,15H2,1H3,(H,17,18). The van der Waals surface area contributed by atoms with Gasteiger partial charge in [0.25, 0.3) is 5.91 Å². The van der Waals surface area contributed by atoms with Gasteiger partial charge in [0.2, 0.25) is 0 Å². The SMILES string of the molecule is CCCC1CCC(NC(=O)c2cc(N)c[nH]2)CC1. The summed E-state index contributed by atoms with van der Waals surface area (Å²) in [5, 5.41) is 3.09. The molecule has 18 heavy (non-hydrogen) atoms. The average Bonchev–Trinajstić information content (AvgIpc) is 2.79. The molecule has 1 aliphatic carbocycles. The molecule has 0 saturated heterocycles. The molecule has 0 bridgehead atoms. The lowest BCUT2D eigenvalue weighted by molar-refractivity contribution is 0.0916. The zero-order valence-corrected chi connectivity index (χ0v) is 11.0. The summed E-state index contributed by atoms with van der Waals surface area (Å²) in [4.78, 5) is 14.8. The van der Waals surface area contributed by atoms with Gasteiger partial charge < -0.3 is 16.0 Å². The highest BCUT2D eigenvalue weighted by Crippen LogP contribution is 2.27. The Morgan fingerprint density at radius 1 is 1.44 bits per heavy atom. The lowest BCUT2D eigenvalue weighted by atomic mass is 9.83. The number of aromatic nitrogens is 1. The van der Waals surface area contributed by atoms with Gasteiger partial charge in [-0.25, -0.2) is 0 Å². The van der Waals surface area contributed by atoms with E-state index in [1.165, 1.54) is 25.7 Å². The minimum absolute atomic E-state index is 0.0364. The van der Waals surface area contributed by atoms with Crippen LogP contribution in [0.25, 0.3) is 0 Å². The van der Waals surface area contributed by atoms with Gasteiger partial charge in [0.1, 0.15) is 5.69 Å². The molecule has 0 unspecified atom stereocenters. The van der Waals surface area contributed by atoms with E-state index in [-0.39, 0.29) is 5.91 Å². The van der Waals surface area contributed by atoms with Crippen molar-refractivity contribution in [2.75, 3.05) is 5.73 Å². The number of carbonyl (C=O) groups is 1. The van der Waals surface area contributed by atoms with Crippen LogP contribution in [0.15, 0.2) is 12.3 Å². The molecule has 0 radical (unpaired) electrons. The maximum absolute atomic E-state index is 11.9. The largest absolute Gasteiger partial charge is 0.397 e. The first kappa shape index (κ1) is 13.0. The number of rotatable bonds is 4. The highest BCUT2D eigenvalue weighted by atomic mass is 16.1. The molecule has 1 saturated carbocycles. The van der Waals surface area contributed by atoms with Gasteiger partial charge in [-0.2, -0.15) is 0 Å². The van der Waals surface area contributed by atoms with Gasteiger partial charge in [0, 0.05) is 17.9 Å². The number of amides is 1. The molecule has 1 fully saturated rings. The van der Waals surface area contributed by atoms with Crippen LogP contribution >= 0.6 is 0 Å². The maximum atomic E-state index is 11.9. The molecule has 4 N–H and O–H groups in total. The number of nitrogens with one attached hydrogen (secondary N) is 2. The van der Waals surface area contributed by atoms with Gasteiger partial charge in [-0.15, -0.1) is 0 Å². The van der Waals surface area contributed by atoms with Crippen LogP contribution in [0.3, 0.4) is 0 Å². The van der Waals surface area contributed by atoms with E-state index in [2.05, 4.69) is 17.2 Å². The molecule has 1 aliphatic rings. The third-order valence-electron chi connectivity index (χ3n) is 3.83. The summed E-state index contributed by atoms with van der Waals surface area (Å²) in [7, 11) is 0. The number of carbonyl (C=O) groups excluding carboxylic acids is 1. The van der Waals surface area contributed by atoms with Crippen LogP contribution in [0.2, 0.25) is 0 Å². The highest BCUT2D eigenvalue weighted by Gasteiger charge is 2.22.